The van der Waals surface area contributed by atoms with Gasteiger partial charge in [0.2, 0.25) is 0 Å². The molecule has 0 spiro atoms. The van der Waals surface area contributed by atoms with Crippen molar-refractivity contribution in [3.8, 4) is 5.75 Å². The van der Waals surface area contributed by atoms with Crippen LogP contribution in [-0.2, 0) is 16.0 Å². The van der Waals surface area contributed by atoms with Gasteiger partial charge in [-0.2, -0.15) is 0 Å². The van der Waals surface area contributed by atoms with Gasteiger partial charge >= 0.3 is 5.97 Å². The summed E-state index contributed by atoms with van der Waals surface area (Å²) in [4.78, 5) is 11.2. The van der Waals surface area contributed by atoms with E-state index in [2.05, 4.69) is 4.74 Å². The number of hydrogen-bond donors (Lipinski definition) is 0. The quantitative estimate of drug-likeness (QED) is 0.744. The third-order valence-corrected chi connectivity index (χ3v) is 2.43. The molecule has 0 radical (unpaired) electrons. The summed E-state index contributed by atoms with van der Waals surface area (Å²) in [5.41, 5.74) is 1.54. The van der Waals surface area contributed by atoms with Gasteiger partial charge in [-0.25, -0.2) is 0 Å². The van der Waals surface area contributed by atoms with Crippen LogP contribution in [0.5, 0.6) is 5.75 Å². The number of benzene rings is 1. The number of hydrogen-bond acceptors (Lipinski definition) is 4. The number of carbonyl (C=O) groups excluding carboxylic acids is 1. The monoisotopic (exact) mass is 220 g/mol. The van der Waals surface area contributed by atoms with Gasteiger partial charge in [0.1, 0.15) is 11.3 Å². The Bertz CT molecular complexity index is 513. The van der Waals surface area contributed by atoms with Gasteiger partial charge in [0.05, 0.1) is 32.3 Å². The van der Waals surface area contributed by atoms with Crippen LogP contribution in [0.2, 0.25) is 0 Å². The Labute approximate surface area is 92.8 Å². The molecule has 84 valence electrons. The fourth-order valence-corrected chi connectivity index (χ4v) is 1.67. The van der Waals surface area contributed by atoms with Gasteiger partial charge in [-0.05, 0) is 12.1 Å². The summed E-state index contributed by atoms with van der Waals surface area (Å²) < 4.78 is 15.2. The molecule has 0 bridgehead atoms. The van der Waals surface area contributed by atoms with Crippen LogP contribution in [0, 0.1) is 0 Å². The Kier molecular flexibility index (Phi) is 2.81. The SMILES string of the molecule is COC(=O)Cc1ccc2occc2c1OC. The average Bonchev–Trinajstić information content (AvgIpc) is 2.76. The standard InChI is InChI=1S/C12H12O4/c1-14-11(13)7-8-3-4-10-9(5-6-16-10)12(8)15-2/h3-6H,7H2,1-2H3. The fourth-order valence-electron chi connectivity index (χ4n) is 1.67. The molecular formula is C12H12O4. The zero-order valence-corrected chi connectivity index (χ0v) is 9.15. The van der Waals surface area contributed by atoms with Crippen molar-refractivity contribution in [1.29, 1.82) is 0 Å². The van der Waals surface area contributed by atoms with E-state index in [0.29, 0.717) is 5.75 Å². The van der Waals surface area contributed by atoms with Crippen molar-refractivity contribution in [1.82, 2.24) is 0 Å². The molecule has 1 aromatic heterocycles. The van der Waals surface area contributed by atoms with Crippen molar-refractivity contribution >= 4 is 16.9 Å². The summed E-state index contributed by atoms with van der Waals surface area (Å²) >= 11 is 0. The molecule has 0 saturated heterocycles. The molecule has 4 heteroatoms. The Morgan fingerprint density at radius 1 is 1.31 bits per heavy atom. The molecule has 2 aromatic rings. The Balaban J connectivity index is 2.47. The lowest BCUT2D eigenvalue weighted by molar-refractivity contribution is -0.139. The fraction of sp³-hybridized carbons (Fsp3) is 0.250. The highest BCUT2D eigenvalue weighted by atomic mass is 16.5. The van der Waals surface area contributed by atoms with Gasteiger partial charge in [-0.1, -0.05) is 6.07 Å². The lowest BCUT2D eigenvalue weighted by Gasteiger charge is -2.08. The summed E-state index contributed by atoms with van der Waals surface area (Å²) in [6.07, 6.45) is 1.79. The van der Waals surface area contributed by atoms with E-state index in [1.165, 1.54) is 7.11 Å². The smallest absolute Gasteiger partial charge is 0.310 e. The molecule has 0 aliphatic rings. The highest BCUT2D eigenvalue weighted by Gasteiger charge is 2.13. The minimum atomic E-state index is -0.291. The second-order valence-corrected chi connectivity index (χ2v) is 3.34. The van der Waals surface area contributed by atoms with Crippen molar-refractivity contribution < 1.29 is 18.7 Å². The second-order valence-electron chi connectivity index (χ2n) is 3.34. The van der Waals surface area contributed by atoms with Gasteiger partial charge in [0, 0.05) is 5.56 Å². The maximum absolute atomic E-state index is 11.2. The highest BCUT2D eigenvalue weighted by molar-refractivity contribution is 5.87. The Morgan fingerprint density at radius 3 is 2.81 bits per heavy atom. The first kappa shape index (κ1) is 10.5. The molecule has 0 fully saturated rings. The van der Waals surface area contributed by atoms with Gasteiger partial charge in [-0.3, -0.25) is 4.79 Å². The van der Waals surface area contributed by atoms with E-state index in [1.807, 2.05) is 18.2 Å². The van der Waals surface area contributed by atoms with E-state index in [0.717, 1.165) is 16.5 Å². The van der Waals surface area contributed by atoms with Crippen LogP contribution in [0.1, 0.15) is 5.56 Å². The maximum atomic E-state index is 11.2. The van der Waals surface area contributed by atoms with E-state index in [9.17, 15) is 4.79 Å². The average molecular weight is 220 g/mol. The molecule has 0 aliphatic carbocycles. The van der Waals surface area contributed by atoms with Crippen molar-refractivity contribution in [3.05, 3.63) is 30.0 Å². The topological polar surface area (TPSA) is 48.7 Å². The van der Waals surface area contributed by atoms with Crippen molar-refractivity contribution in [2.24, 2.45) is 0 Å². The first-order valence-electron chi connectivity index (χ1n) is 4.86. The van der Waals surface area contributed by atoms with Crippen LogP contribution in [0.25, 0.3) is 11.0 Å². The molecule has 0 saturated carbocycles. The molecule has 0 amide bonds. The Hall–Kier alpha value is -1.97. The lowest BCUT2D eigenvalue weighted by atomic mass is 10.1. The normalized spacial score (nSPS) is 10.4. The maximum Gasteiger partial charge on any atom is 0.310 e. The van der Waals surface area contributed by atoms with Crippen LogP contribution in [0.4, 0.5) is 0 Å². The summed E-state index contributed by atoms with van der Waals surface area (Å²) in [6.45, 7) is 0. The summed E-state index contributed by atoms with van der Waals surface area (Å²) in [6, 6.07) is 5.44. The molecule has 0 N–H and O–H groups in total. The third kappa shape index (κ3) is 1.74. The van der Waals surface area contributed by atoms with Crippen LogP contribution in [-0.4, -0.2) is 20.2 Å². The van der Waals surface area contributed by atoms with Crippen LogP contribution >= 0.6 is 0 Å². The van der Waals surface area contributed by atoms with E-state index >= 15 is 0 Å². The number of esters is 1. The van der Waals surface area contributed by atoms with Crippen molar-refractivity contribution in [2.45, 2.75) is 6.42 Å². The van der Waals surface area contributed by atoms with E-state index < -0.39 is 0 Å². The first-order chi connectivity index (χ1) is 7.76. The zero-order valence-electron chi connectivity index (χ0n) is 9.15. The number of carbonyl (C=O) groups is 1. The van der Waals surface area contributed by atoms with Crippen molar-refractivity contribution in [2.75, 3.05) is 14.2 Å². The molecule has 0 atom stereocenters. The molecule has 0 aliphatic heterocycles. The number of fused-ring (bicyclic) bond motifs is 1. The molecule has 1 aromatic carbocycles. The van der Waals surface area contributed by atoms with Gasteiger partial charge < -0.3 is 13.9 Å². The third-order valence-electron chi connectivity index (χ3n) is 2.43. The molecule has 16 heavy (non-hydrogen) atoms. The van der Waals surface area contributed by atoms with E-state index in [1.54, 1.807) is 13.4 Å². The number of ether oxygens (including phenoxy) is 2. The predicted octanol–water partition coefficient (Wildman–Crippen LogP) is 2.16. The minimum Gasteiger partial charge on any atom is -0.496 e. The highest BCUT2D eigenvalue weighted by Crippen LogP contribution is 2.30. The molecule has 0 unspecified atom stereocenters. The molecule has 2 rings (SSSR count). The minimum absolute atomic E-state index is 0.195. The number of furan rings is 1. The first-order valence-corrected chi connectivity index (χ1v) is 4.86. The molecule has 1 heterocycles. The van der Waals surface area contributed by atoms with Gasteiger partial charge in [0.15, 0.2) is 0 Å². The second kappa shape index (κ2) is 4.26. The Morgan fingerprint density at radius 2 is 2.12 bits per heavy atom. The van der Waals surface area contributed by atoms with E-state index in [-0.39, 0.29) is 12.4 Å². The number of methoxy groups -OCH3 is 2. The van der Waals surface area contributed by atoms with Crippen molar-refractivity contribution in [3.63, 3.8) is 0 Å². The van der Waals surface area contributed by atoms with Gasteiger partial charge in [-0.15, -0.1) is 0 Å². The van der Waals surface area contributed by atoms with Crippen LogP contribution < -0.4 is 4.74 Å². The molecule has 4 nitrogen and oxygen atoms in total. The summed E-state index contributed by atoms with van der Waals surface area (Å²) in [7, 11) is 2.94. The molecular weight excluding hydrogens is 208 g/mol. The largest absolute Gasteiger partial charge is 0.496 e. The zero-order chi connectivity index (χ0) is 11.5. The summed E-state index contributed by atoms with van der Waals surface area (Å²) in [5.74, 6) is 0.373. The summed E-state index contributed by atoms with van der Waals surface area (Å²) in [5, 5.41) is 0.865. The van der Waals surface area contributed by atoms with Crippen LogP contribution in [0.3, 0.4) is 0 Å². The predicted molar refractivity (Wildman–Crippen MR) is 58.5 cm³/mol. The lowest BCUT2D eigenvalue weighted by Crippen LogP contribution is -2.05. The number of rotatable bonds is 3. The van der Waals surface area contributed by atoms with E-state index in [4.69, 9.17) is 9.15 Å². The van der Waals surface area contributed by atoms with Gasteiger partial charge in [0.25, 0.3) is 0 Å². The van der Waals surface area contributed by atoms with Crippen LogP contribution in [0.15, 0.2) is 28.9 Å².